The second-order valence-corrected chi connectivity index (χ2v) is 5.57. The van der Waals surface area contributed by atoms with Gasteiger partial charge in [-0.2, -0.15) is 0 Å². The first-order chi connectivity index (χ1) is 5.91. The van der Waals surface area contributed by atoms with Crippen LogP contribution < -0.4 is 0 Å². The van der Waals surface area contributed by atoms with Crippen molar-refractivity contribution in [2.75, 3.05) is 0 Å². The monoisotopic (exact) mass is 182 g/mol. The summed E-state index contributed by atoms with van der Waals surface area (Å²) in [6.07, 6.45) is 4.35. The Bertz CT molecular complexity index is 184. The molecular weight excluding hydrogens is 160 g/mol. The number of hydrogen-bond donors (Lipinski definition) is 0. The normalized spacial score (nSPS) is 20.9. The van der Waals surface area contributed by atoms with Gasteiger partial charge < -0.3 is 0 Å². The molecule has 13 heavy (non-hydrogen) atoms. The van der Waals surface area contributed by atoms with Crippen molar-refractivity contribution in [2.45, 2.75) is 53.4 Å². The Morgan fingerprint density at radius 3 is 2.23 bits per heavy atom. The summed E-state index contributed by atoms with van der Waals surface area (Å²) in [4.78, 5) is 11.7. The molecule has 0 aliphatic heterocycles. The summed E-state index contributed by atoms with van der Waals surface area (Å²) in [5.41, 5.74) is 0.277. The van der Waals surface area contributed by atoms with E-state index in [0.29, 0.717) is 17.6 Å². The molecule has 1 aliphatic carbocycles. The predicted molar refractivity (Wildman–Crippen MR) is 55.6 cm³/mol. The minimum absolute atomic E-state index is 0.277. The molecule has 1 fully saturated rings. The summed E-state index contributed by atoms with van der Waals surface area (Å²) in [5.74, 6) is 1.44. The molecule has 0 radical (unpaired) electrons. The molecule has 76 valence electrons. The van der Waals surface area contributed by atoms with Gasteiger partial charge in [0, 0.05) is 12.3 Å². The van der Waals surface area contributed by atoms with E-state index >= 15 is 0 Å². The Hall–Kier alpha value is -0.330. The van der Waals surface area contributed by atoms with Crippen LogP contribution >= 0.6 is 0 Å². The molecule has 1 saturated carbocycles. The summed E-state index contributed by atoms with van der Waals surface area (Å²) in [6.45, 7) is 8.83. The highest BCUT2D eigenvalue weighted by Crippen LogP contribution is 2.33. The summed E-state index contributed by atoms with van der Waals surface area (Å²) < 4.78 is 0. The third-order valence-corrected chi connectivity index (χ3v) is 3.55. The molecule has 1 unspecified atom stereocenters. The van der Waals surface area contributed by atoms with Crippen molar-refractivity contribution in [1.82, 2.24) is 0 Å². The summed E-state index contributed by atoms with van der Waals surface area (Å²) in [5, 5.41) is 0. The second-order valence-electron chi connectivity index (χ2n) is 5.57. The van der Waals surface area contributed by atoms with Crippen molar-refractivity contribution in [3.05, 3.63) is 0 Å². The Morgan fingerprint density at radius 1 is 1.38 bits per heavy atom. The van der Waals surface area contributed by atoms with Crippen LogP contribution in [0.25, 0.3) is 0 Å². The van der Waals surface area contributed by atoms with Crippen molar-refractivity contribution in [2.24, 2.45) is 17.3 Å². The third-order valence-electron chi connectivity index (χ3n) is 3.55. The highest BCUT2D eigenvalue weighted by atomic mass is 16.1. The molecule has 0 N–H and O–H groups in total. The van der Waals surface area contributed by atoms with E-state index in [1.165, 1.54) is 6.42 Å². The summed E-state index contributed by atoms with van der Waals surface area (Å²) in [7, 11) is 0. The molecule has 0 amide bonds. The van der Waals surface area contributed by atoms with Crippen LogP contribution in [0.1, 0.15) is 53.4 Å². The number of ketones is 1. The minimum Gasteiger partial charge on any atom is -0.299 e. The first-order valence-electron chi connectivity index (χ1n) is 5.44. The van der Waals surface area contributed by atoms with Gasteiger partial charge in [0.25, 0.3) is 0 Å². The Labute approximate surface area is 81.9 Å². The van der Waals surface area contributed by atoms with Crippen LogP contribution in [0, 0.1) is 17.3 Å². The molecule has 1 aliphatic rings. The van der Waals surface area contributed by atoms with E-state index in [9.17, 15) is 4.79 Å². The smallest absolute Gasteiger partial charge is 0.136 e. The van der Waals surface area contributed by atoms with E-state index in [4.69, 9.17) is 0 Å². The first kappa shape index (κ1) is 10.7. The van der Waals surface area contributed by atoms with Gasteiger partial charge in [-0.15, -0.1) is 0 Å². The average molecular weight is 182 g/mol. The third kappa shape index (κ3) is 2.82. The van der Waals surface area contributed by atoms with Crippen LogP contribution in [0.2, 0.25) is 0 Å². The van der Waals surface area contributed by atoms with Crippen LogP contribution in [-0.2, 0) is 4.79 Å². The maximum Gasteiger partial charge on any atom is 0.136 e. The van der Waals surface area contributed by atoms with E-state index in [2.05, 4.69) is 27.7 Å². The Balaban J connectivity index is 2.35. The van der Waals surface area contributed by atoms with E-state index in [-0.39, 0.29) is 5.41 Å². The van der Waals surface area contributed by atoms with Crippen molar-refractivity contribution >= 4 is 5.78 Å². The predicted octanol–water partition coefficient (Wildman–Crippen LogP) is 3.43. The molecule has 0 heterocycles. The molecular formula is C12H22O. The van der Waals surface area contributed by atoms with Gasteiger partial charge in [0.1, 0.15) is 5.78 Å². The fraction of sp³-hybridized carbons (Fsp3) is 0.917. The Morgan fingerprint density at radius 2 is 1.92 bits per heavy atom. The zero-order chi connectivity index (χ0) is 10.1. The fourth-order valence-electron chi connectivity index (χ4n) is 1.50. The number of carbonyl (C=O) groups is 1. The lowest BCUT2D eigenvalue weighted by Crippen LogP contribution is -2.27. The topological polar surface area (TPSA) is 17.1 Å². The number of hydrogen-bond acceptors (Lipinski definition) is 1. The molecule has 0 aromatic rings. The molecule has 1 heteroatoms. The summed E-state index contributed by atoms with van der Waals surface area (Å²) in [6, 6.07) is 0. The SMILES string of the molecule is CC(CC(=O)C1CCC1)C(C)(C)C. The second kappa shape index (κ2) is 3.81. The van der Waals surface area contributed by atoms with Gasteiger partial charge in [0.15, 0.2) is 0 Å². The zero-order valence-electron chi connectivity index (χ0n) is 9.39. The van der Waals surface area contributed by atoms with Gasteiger partial charge in [-0.3, -0.25) is 4.79 Å². The standard InChI is InChI=1S/C12H22O/c1-9(12(2,3)4)8-11(13)10-6-5-7-10/h9-10H,5-8H2,1-4H3. The number of rotatable bonds is 3. The highest BCUT2D eigenvalue weighted by Gasteiger charge is 2.29. The molecule has 0 aromatic carbocycles. The average Bonchev–Trinajstić information content (AvgIpc) is 1.79. The highest BCUT2D eigenvalue weighted by molar-refractivity contribution is 5.81. The van der Waals surface area contributed by atoms with Crippen molar-refractivity contribution in [3.63, 3.8) is 0 Å². The molecule has 1 rings (SSSR count). The first-order valence-corrected chi connectivity index (χ1v) is 5.44. The Kier molecular flexibility index (Phi) is 3.15. The molecule has 0 aromatic heterocycles. The maximum absolute atomic E-state index is 11.7. The van der Waals surface area contributed by atoms with E-state index in [1.807, 2.05) is 0 Å². The lowest BCUT2D eigenvalue weighted by molar-refractivity contribution is -0.126. The van der Waals surface area contributed by atoms with E-state index < -0.39 is 0 Å². The van der Waals surface area contributed by atoms with Crippen LogP contribution in [0.15, 0.2) is 0 Å². The van der Waals surface area contributed by atoms with Crippen molar-refractivity contribution < 1.29 is 4.79 Å². The number of Topliss-reactive ketones (excluding diaryl/α,β-unsaturated/α-hetero) is 1. The lowest BCUT2D eigenvalue weighted by atomic mass is 9.74. The van der Waals surface area contributed by atoms with Gasteiger partial charge in [-0.05, 0) is 24.2 Å². The molecule has 0 bridgehead atoms. The van der Waals surface area contributed by atoms with Crippen LogP contribution in [-0.4, -0.2) is 5.78 Å². The molecule has 1 nitrogen and oxygen atoms in total. The van der Waals surface area contributed by atoms with Gasteiger partial charge in [-0.25, -0.2) is 0 Å². The van der Waals surface area contributed by atoms with E-state index in [1.54, 1.807) is 0 Å². The van der Waals surface area contributed by atoms with Crippen molar-refractivity contribution in [3.8, 4) is 0 Å². The summed E-state index contributed by atoms with van der Waals surface area (Å²) >= 11 is 0. The largest absolute Gasteiger partial charge is 0.299 e. The maximum atomic E-state index is 11.7. The van der Waals surface area contributed by atoms with Crippen LogP contribution in [0.5, 0.6) is 0 Å². The lowest BCUT2D eigenvalue weighted by Gasteiger charge is -2.30. The number of carbonyl (C=O) groups excluding carboxylic acids is 1. The molecule has 0 spiro atoms. The molecule has 1 atom stereocenters. The van der Waals surface area contributed by atoms with E-state index in [0.717, 1.165) is 19.3 Å². The zero-order valence-corrected chi connectivity index (χ0v) is 9.39. The van der Waals surface area contributed by atoms with Gasteiger partial charge in [0.2, 0.25) is 0 Å². The minimum atomic E-state index is 0.277. The molecule has 0 saturated heterocycles. The fourth-order valence-corrected chi connectivity index (χ4v) is 1.50. The van der Waals surface area contributed by atoms with Crippen LogP contribution in [0.3, 0.4) is 0 Å². The van der Waals surface area contributed by atoms with Crippen molar-refractivity contribution in [1.29, 1.82) is 0 Å². The van der Waals surface area contributed by atoms with Crippen LogP contribution in [0.4, 0.5) is 0 Å². The van der Waals surface area contributed by atoms with Gasteiger partial charge in [0.05, 0.1) is 0 Å². The van der Waals surface area contributed by atoms with Gasteiger partial charge in [-0.1, -0.05) is 34.1 Å². The van der Waals surface area contributed by atoms with Gasteiger partial charge >= 0.3 is 0 Å². The quantitative estimate of drug-likeness (QED) is 0.653.